The fraction of sp³-hybridized carbons (Fsp3) is 0.900. The maximum atomic E-state index is 11.7. The van der Waals surface area contributed by atoms with Crippen LogP contribution in [0.2, 0.25) is 0 Å². The Morgan fingerprint density at radius 1 is 1.59 bits per heavy atom. The third-order valence-electron chi connectivity index (χ3n) is 2.63. The molecule has 0 aromatic carbocycles. The van der Waals surface area contributed by atoms with E-state index in [-0.39, 0.29) is 11.9 Å². The number of ether oxygens (including phenoxy) is 1. The van der Waals surface area contributed by atoms with Gasteiger partial charge >= 0.3 is 5.97 Å². The van der Waals surface area contributed by atoms with Crippen LogP contribution < -0.4 is 4.72 Å². The number of hydrogen-bond donors (Lipinski definition) is 2. The lowest BCUT2D eigenvalue weighted by Gasteiger charge is -2.16. The summed E-state index contributed by atoms with van der Waals surface area (Å²) in [5, 5.41) is 8.87. The van der Waals surface area contributed by atoms with Gasteiger partial charge in [-0.1, -0.05) is 13.3 Å². The minimum Gasteiger partial charge on any atom is -0.480 e. The summed E-state index contributed by atoms with van der Waals surface area (Å²) in [6, 6.07) is -1.04. The highest BCUT2D eigenvalue weighted by molar-refractivity contribution is 7.89. The van der Waals surface area contributed by atoms with Gasteiger partial charge in [0.1, 0.15) is 6.04 Å². The fourth-order valence-electron chi connectivity index (χ4n) is 1.81. The molecule has 1 rings (SSSR count). The van der Waals surface area contributed by atoms with Gasteiger partial charge in [-0.3, -0.25) is 4.79 Å². The summed E-state index contributed by atoms with van der Waals surface area (Å²) < 4.78 is 30.9. The van der Waals surface area contributed by atoms with Crippen molar-refractivity contribution in [3.63, 3.8) is 0 Å². The summed E-state index contributed by atoms with van der Waals surface area (Å²) in [6.45, 7) is 2.39. The van der Waals surface area contributed by atoms with Crippen molar-refractivity contribution in [2.75, 3.05) is 12.4 Å². The third-order valence-corrected chi connectivity index (χ3v) is 4.08. The van der Waals surface area contributed by atoms with Crippen molar-refractivity contribution in [1.29, 1.82) is 0 Å². The molecule has 0 aliphatic carbocycles. The Labute approximate surface area is 101 Å². The zero-order valence-corrected chi connectivity index (χ0v) is 10.7. The highest BCUT2D eigenvalue weighted by atomic mass is 32.2. The summed E-state index contributed by atoms with van der Waals surface area (Å²) >= 11 is 0. The van der Waals surface area contributed by atoms with Gasteiger partial charge < -0.3 is 9.84 Å². The summed E-state index contributed by atoms with van der Waals surface area (Å²) in [7, 11) is -3.59. The predicted octanol–water partition coefficient (Wildman–Crippen LogP) is 0.338. The second-order valence-corrected chi connectivity index (χ2v) is 6.01. The molecule has 6 nitrogen and oxygen atoms in total. The van der Waals surface area contributed by atoms with E-state index in [2.05, 4.69) is 4.72 Å². The molecule has 2 unspecified atom stereocenters. The van der Waals surface area contributed by atoms with Crippen molar-refractivity contribution in [2.45, 2.75) is 44.8 Å². The van der Waals surface area contributed by atoms with E-state index in [0.29, 0.717) is 25.9 Å². The number of sulfonamides is 1. The maximum absolute atomic E-state index is 11.7. The molecule has 17 heavy (non-hydrogen) atoms. The van der Waals surface area contributed by atoms with E-state index in [1.807, 2.05) is 6.92 Å². The van der Waals surface area contributed by atoms with Crippen molar-refractivity contribution < 1.29 is 23.1 Å². The first-order valence-electron chi connectivity index (χ1n) is 5.79. The molecule has 0 bridgehead atoms. The smallest absolute Gasteiger partial charge is 0.321 e. The van der Waals surface area contributed by atoms with Crippen LogP contribution in [-0.4, -0.2) is 44.0 Å². The monoisotopic (exact) mass is 265 g/mol. The Morgan fingerprint density at radius 2 is 2.29 bits per heavy atom. The van der Waals surface area contributed by atoms with Crippen LogP contribution in [0.15, 0.2) is 0 Å². The summed E-state index contributed by atoms with van der Waals surface area (Å²) in [5.74, 6) is -1.29. The normalized spacial score (nSPS) is 22.5. The number of aliphatic carboxylic acids is 1. The van der Waals surface area contributed by atoms with E-state index in [1.54, 1.807) is 0 Å². The van der Waals surface area contributed by atoms with Gasteiger partial charge in [0.15, 0.2) is 0 Å². The molecule has 100 valence electrons. The van der Waals surface area contributed by atoms with E-state index in [1.165, 1.54) is 0 Å². The minimum atomic E-state index is -3.59. The number of carboxylic acids is 1. The van der Waals surface area contributed by atoms with E-state index in [4.69, 9.17) is 9.84 Å². The summed E-state index contributed by atoms with van der Waals surface area (Å²) in [6.07, 6.45) is 2.17. The number of nitrogens with one attached hydrogen (secondary N) is 1. The molecule has 2 N–H and O–H groups in total. The van der Waals surface area contributed by atoms with Crippen LogP contribution in [0.5, 0.6) is 0 Å². The first-order chi connectivity index (χ1) is 7.94. The number of carbonyl (C=O) groups is 1. The molecular weight excluding hydrogens is 246 g/mol. The Morgan fingerprint density at radius 3 is 2.76 bits per heavy atom. The summed E-state index contributed by atoms with van der Waals surface area (Å²) in [4.78, 5) is 10.8. The van der Waals surface area contributed by atoms with Gasteiger partial charge in [-0.25, -0.2) is 13.1 Å². The lowest BCUT2D eigenvalue weighted by atomic mass is 10.2. The van der Waals surface area contributed by atoms with Crippen molar-refractivity contribution in [3.8, 4) is 0 Å². The lowest BCUT2D eigenvalue weighted by molar-refractivity contribution is -0.139. The molecule has 1 heterocycles. The largest absolute Gasteiger partial charge is 0.480 e. The van der Waals surface area contributed by atoms with Crippen LogP contribution in [-0.2, 0) is 19.6 Å². The topological polar surface area (TPSA) is 92.7 Å². The zero-order chi connectivity index (χ0) is 12.9. The van der Waals surface area contributed by atoms with Crippen LogP contribution in [0.1, 0.15) is 32.6 Å². The maximum Gasteiger partial charge on any atom is 0.321 e. The first kappa shape index (κ1) is 14.4. The van der Waals surface area contributed by atoms with Crippen LogP contribution in [0.25, 0.3) is 0 Å². The second kappa shape index (κ2) is 6.32. The van der Waals surface area contributed by atoms with E-state index >= 15 is 0 Å². The molecule has 1 fully saturated rings. The molecule has 1 saturated heterocycles. The fourth-order valence-corrected chi connectivity index (χ4v) is 3.31. The SMILES string of the molecule is CCCC(NS(=O)(=O)CC1CCCO1)C(=O)O. The molecule has 0 aromatic rings. The minimum absolute atomic E-state index is 0.152. The predicted molar refractivity (Wildman–Crippen MR) is 62.2 cm³/mol. The van der Waals surface area contributed by atoms with Crippen LogP contribution >= 0.6 is 0 Å². The van der Waals surface area contributed by atoms with Gasteiger partial charge in [0, 0.05) is 6.61 Å². The Hall–Kier alpha value is -0.660. The average molecular weight is 265 g/mol. The molecule has 2 atom stereocenters. The Kier molecular flexibility index (Phi) is 5.35. The summed E-state index contributed by atoms with van der Waals surface area (Å²) in [5.41, 5.74) is 0. The molecule has 0 aromatic heterocycles. The van der Waals surface area contributed by atoms with Gasteiger partial charge in [0.2, 0.25) is 10.0 Å². The molecule has 1 aliphatic rings. The number of carboxylic acid groups (broad SMARTS) is 1. The third kappa shape index (κ3) is 5.01. The average Bonchev–Trinajstić information content (AvgIpc) is 2.68. The van der Waals surface area contributed by atoms with Gasteiger partial charge in [-0.05, 0) is 19.3 Å². The molecule has 0 radical (unpaired) electrons. The van der Waals surface area contributed by atoms with Gasteiger partial charge in [0.05, 0.1) is 11.9 Å². The van der Waals surface area contributed by atoms with Crippen molar-refractivity contribution in [1.82, 2.24) is 4.72 Å². The van der Waals surface area contributed by atoms with E-state index in [9.17, 15) is 13.2 Å². The molecule has 7 heteroatoms. The standard InChI is InChI=1S/C10H19NO5S/c1-2-4-9(10(12)13)11-17(14,15)7-8-5-3-6-16-8/h8-9,11H,2-7H2,1H3,(H,12,13). The van der Waals surface area contributed by atoms with Crippen LogP contribution in [0, 0.1) is 0 Å². The molecule has 1 aliphatic heterocycles. The molecule has 0 amide bonds. The van der Waals surface area contributed by atoms with Gasteiger partial charge in [-0.15, -0.1) is 0 Å². The number of rotatable bonds is 7. The van der Waals surface area contributed by atoms with Crippen molar-refractivity contribution >= 4 is 16.0 Å². The van der Waals surface area contributed by atoms with Gasteiger partial charge in [-0.2, -0.15) is 0 Å². The first-order valence-corrected chi connectivity index (χ1v) is 7.44. The highest BCUT2D eigenvalue weighted by Gasteiger charge is 2.27. The second-order valence-electron chi connectivity index (χ2n) is 4.21. The molecular formula is C10H19NO5S. The quantitative estimate of drug-likeness (QED) is 0.692. The van der Waals surface area contributed by atoms with E-state index < -0.39 is 22.0 Å². The zero-order valence-electron chi connectivity index (χ0n) is 9.89. The van der Waals surface area contributed by atoms with Crippen molar-refractivity contribution in [2.24, 2.45) is 0 Å². The van der Waals surface area contributed by atoms with Crippen LogP contribution in [0.4, 0.5) is 0 Å². The highest BCUT2D eigenvalue weighted by Crippen LogP contribution is 2.14. The molecule has 0 spiro atoms. The van der Waals surface area contributed by atoms with E-state index in [0.717, 1.165) is 6.42 Å². The van der Waals surface area contributed by atoms with Gasteiger partial charge in [0.25, 0.3) is 0 Å². The number of hydrogen-bond acceptors (Lipinski definition) is 4. The molecule has 0 saturated carbocycles. The Bertz CT molecular complexity index is 348. The van der Waals surface area contributed by atoms with Crippen molar-refractivity contribution in [3.05, 3.63) is 0 Å². The van der Waals surface area contributed by atoms with Crippen LogP contribution in [0.3, 0.4) is 0 Å². The Balaban J connectivity index is 2.53. The lowest BCUT2D eigenvalue weighted by Crippen LogP contribution is -2.43.